The summed E-state index contributed by atoms with van der Waals surface area (Å²) in [7, 11) is 1.41. The van der Waals surface area contributed by atoms with Crippen LogP contribution < -0.4 is 5.73 Å². The molecule has 94 valence electrons. The van der Waals surface area contributed by atoms with Gasteiger partial charge in [0.2, 0.25) is 0 Å². The van der Waals surface area contributed by atoms with E-state index in [0.717, 1.165) is 38.5 Å². The van der Waals surface area contributed by atoms with E-state index in [1.807, 2.05) is 0 Å². The lowest BCUT2D eigenvalue weighted by atomic mass is 10.1. The molecule has 0 aromatic rings. The number of ketones is 1. The number of esters is 1. The molecule has 0 aromatic carbocycles. The number of hydrogen-bond acceptors (Lipinski definition) is 4. The van der Waals surface area contributed by atoms with Gasteiger partial charge in [0.25, 0.3) is 0 Å². The Morgan fingerprint density at radius 1 is 0.938 bits per heavy atom. The fourth-order valence-electron chi connectivity index (χ4n) is 1.50. The smallest absolute Gasteiger partial charge is 0.305 e. The number of methoxy groups -OCH3 is 1. The van der Waals surface area contributed by atoms with Gasteiger partial charge >= 0.3 is 5.97 Å². The number of nitrogens with two attached hydrogens (primary N) is 1. The minimum atomic E-state index is -0.131. The van der Waals surface area contributed by atoms with Crippen molar-refractivity contribution in [1.82, 2.24) is 0 Å². The van der Waals surface area contributed by atoms with Gasteiger partial charge < -0.3 is 10.5 Å². The molecule has 16 heavy (non-hydrogen) atoms. The summed E-state index contributed by atoms with van der Waals surface area (Å²) in [6, 6.07) is 0. The second-order valence-electron chi connectivity index (χ2n) is 3.94. The van der Waals surface area contributed by atoms with Crippen molar-refractivity contribution in [3.05, 3.63) is 0 Å². The highest BCUT2D eigenvalue weighted by Gasteiger charge is 2.00. The van der Waals surface area contributed by atoms with Gasteiger partial charge in [0.15, 0.2) is 0 Å². The van der Waals surface area contributed by atoms with E-state index in [1.54, 1.807) is 0 Å². The van der Waals surface area contributed by atoms with Crippen LogP contribution in [0.1, 0.15) is 51.4 Å². The Hall–Kier alpha value is -0.900. The van der Waals surface area contributed by atoms with E-state index in [1.165, 1.54) is 7.11 Å². The number of Topliss-reactive ketones (excluding diaryl/α,β-unsaturated/α-hetero) is 1. The van der Waals surface area contributed by atoms with Crippen molar-refractivity contribution in [2.24, 2.45) is 5.73 Å². The standard InChI is InChI=1S/C12H23NO3/c1-16-12(15)9-7-5-3-2-4-6-8-11(14)10-13/h2-10,13H2,1H3. The van der Waals surface area contributed by atoms with Crippen LogP contribution in [0.5, 0.6) is 0 Å². The highest BCUT2D eigenvalue weighted by atomic mass is 16.5. The van der Waals surface area contributed by atoms with E-state index in [4.69, 9.17) is 5.73 Å². The maximum atomic E-state index is 10.9. The molecule has 0 saturated heterocycles. The van der Waals surface area contributed by atoms with Gasteiger partial charge in [0, 0.05) is 12.8 Å². The molecule has 0 fully saturated rings. The zero-order valence-electron chi connectivity index (χ0n) is 10.2. The van der Waals surface area contributed by atoms with Gasteiger partial charge in [-0.1, -0.05) is 25.7 Å². The van der Waals surface area contributed by atoms with E-state index in [2.05, 4.69) is 4.74 Å². The molecule has 0 aliphatic rings. The van der Waals surface area contributed by atoms with E-state index in [9.17, 15) is 9.59 Å². The molecule has 0 aliphatic heterocycles. The van der Waals surface area contributed by atoms with E-state index in [-0.39, 0.29) is 18.3 Å². The lowest BCUT2D eigenvalue weighted by molar-refractivity contribution is -0.140. The first kappa shape index (κ1) is 15.1. The molecule has 2 N–H and O–H groups in total. The molecule has 4 nitrogen and oxygen atoms in total. The van der Waals surface area contributed by atoms with Crippen LogP contribution >= 0.6 is 0 Å². The third kappa shape index (κ3) is 9.65. The number of hydrogen-bond donors (Lipinski definition) is 1. The summed E-state index contributed by atoms with van der Waals surface area (Å²) in [6.07, 6.45) is 7.33. The summed E-state index contributed by atoms with van der Waals surface area (Å²) in [4.78, 5) is 21.7. The Kier molecular flexibility index (Phi) is 10.0. The van der Waals surface area contributed by atoms with Crippen molar-refractivity contribution in [1.29, 1.82) is 0 Å². The summed E-state index contributed by atoms with van der Waals surface area (Å²) < 4.78 is 4.55. The predicted octanol–water partition coefficient (Wildman–Crippen LogP) is 1.81. The third-order valence-electron chi connectivity index (χ3n) is 2.54. The second kappa shape index (κ2) is 10.6. The van der Waals surface area contributed by atoms with Crippen LogP contribution in [0, 0.1) is 0 Å². The van der Waals surface area contributed by atoms with Gasteiger partial charge in [-0.15, -0.1) is 0 Å². The first-order chi connectivity index (χ1) is 7.70. The number of rotatable bonds is 10. The lowest BCUT2D eigenvalue weighted by Crippen LogP contribution is -2.12. The van der Waals surface area contributed by atoms with Crippen LogP contribution in [-0.2, 0) is 14.3 Å². The molecule has 0 aliphatic carbocycles. The van der Waals surface area contributed by atoms with Crippen molar-refractivity contribution >= 4 is 11.8 Å². The number of carbonyl (C=O) groups is 2. The van der Waals surface area contributed by atoms with E-state index >= 15 is 0 Å². The fourth-order valence-corrected chi connectivity index (χ4v) is 1.50. The normalized spacial score (nSPS) is 10.1. The van der Waals surface area contributed by atoms with Gasteiger partial charge in [-0.05, 0) is 12.8 Å². The quantitative estimate of drug-likeness (QED) is 0.458. The average molecular weight is 229 g/mol. The first-order valence-electron chi connectivity index (χ1n) is 5.99. The molecule has 0 bridgehead atoms. The maximum absolute atomic E-state index is 10.9. The summed E-state index contributed by atoms with van der Waals surface area (Å²) in [5.41, 5.74) is 5.20. The summed E-state index contributed by atoms with van der Waals surface area (Å²) in [6.45, 7) is 0.166. The van der Waals surface area contributed by atoms with Gasteiger partial charge in [-0.25, -0.2) is 0 Å². The van der Waals surface area contributed by atoms with Crippen molar-refractivity contribution in [2.45, 2.75) is 51.4 Å². The highest BCUT2D eigenvalue weighted by molar-refractivity contribution is 5.80. The molecular formula is C12H23NO3. The number of ether oxygens (including phenoxy) is 1. The number of unbranched alkanes of at least 4 members (excludes halogenated alkanes) is 5. The molecule has 0 spiro atoms. The van der Waals surface area contributed by atoms with Crippen molar-refractivity contribution < 1.29 is 14.3 Å². The Morgan fingerprint density at radius 2 is 1.44 bits per heavy atom. The van der Waals surface area contributed by atoms with Crippen LogP contribution in [0.15, 0.2) is 0 Å². The third-order valence-corrected chi connectivity index (χ3v) is 2.54. The van der Waals surface area contributed by atoms with Crippen LogP contribution in [0.3, 0.4) is 0 Å². The molecule has 0 radical (unpaired) electrons. The fraction of sp³-hybridized carbons (Fsp3) is 0.833. The Bertz CT molecular complexity index is 182. The molecule has 0 amide bonds. The highest BCUT2D eigenvalue weighted by Crippen LogP contribution is 2.08. The van der Waals surface area contributed by atoms with Crippen LogP contribution in [-0.4, -0.2) is 25.4 Å². The first-order valence-corrected chi connectivity index (χ1v) is 5.99. The topological polar surface area (TPSA) is 69.4 Å². The zero-order chi connectivity index (χ0) is 12.2. The SMILES string of the molecule is COC(=O)CCCCCCCCC(=O)CN. The molecular weight excluding hydrogens is 206 g/mol. The van der Waals surface area contributed by atoms with E-state index < -0.39 is 0 Å². The molecule has 0 atom stereocenters. The van der Waals surface area contributed by atoms with Gasteiger partial charge in [0.1, 0.15) is 5.78 Å². The van der Waals surface area contributed by atoms with E-state index in [0.29, 0.717) is 12.8 Å². The van der Waals surface area contributed by atoms with Crippen LogP contribution in [0.25, 0.3) is 0 Å². The van der Waals surface area contributed by atoms with Crippen molar-refractivity contribution in [3.8, 4) is 0 Å². The molecule has 0 rings (SSSR count). The molecule has 0 unspecified atom stereocenters. The Labute approximate surface area is 97.5 Å². The summed E-state index contributed by atoms with van der Waals surface area (Å²) >= 11 is 0. The van der Waals surface area contributed by atoms with Crippen molar-refractivity contribution in [3.63, 3.8) is 0 Å². The summed E-state index contributed by atoms with van der Waals surface area (Å²) in [5.74, 6) is 0.0132. The molecule has 0 heterocycles. The zero-order valence-corrected chi connectivity index (χ0v) is 10.2. The maximum Gasteiger partial charge on any atom is 0.305 e. The minimum Gasteiger partial charge on any atom is -0.469 e. The van der Waals surface area contributed by atoms with Crippen molar-refractivity contribution in [2.75, 3.05) is 13.7 Å². The summed E-state index contributed by atoms with van der Waals surface area (Å²) in [5, 5.41) is 0. The second-order valence-corrected chi connectivity index (χ2v) is 3.94. The molecule has 0 aromatic heterocycles. The largest absolute Gasteiger partial charge is 0.469 e. The van der Waals surface area contributed by atoms with Crippen LogP contribution in [0.2, 0.25) is 0 Å². The molecule has 4 heteroatoms. The Morgan fingerprint density at radius 3 is 1.94 bits per heavy atom. The van der Waals surface area contributed by atoms with Gasteiger partial charge in [0.05, 0.1) is 13.7 Å². The average Bonchev–Trinajstić information content (AvgIpc) is 2.31. The van der Waals surface area contributed by atoms with Gasteiger partial charge in [-0.3, -0.25) is 9.59 Å². The van der Waals surface area contributed by atoms with Crippen LogP contribution in [0.4, 0.5) is 0 Å². The predicted molar refractivity (Wildman–Crippen MR) is 63.0 cm³/mol. The Balaban J connectivity index is 3.10. The molecule has 0 saturated carbocycles. The number of carbonyl (C=O) groups excluding carboxylic acids is 2. The lowest BCUT2D eigenvalue weighted by Gasteiger charge is -2.01. The monoisotopic (exact) mass is 229 g/mol. The van der Waals surface area contributed by atoms with Gasteiger partial charge in [-0.2, -0.15) is 0 Å². The minimum absolute atomic E-state index is 0.131.